The van der Waals surface area contributed by atoms with E-state index in [4.69, 9.17) is 8.84 Å². The smallest absolute Gasteiger partial charge is 0.429 e. The molecule has 0 fully saturated rings. The summed E-state index contributed by atoms with van der Waals surface area (Å²) >= 11 is 3.65. The SMILES string of the molecule is O=[N+]([O-])CC1OB(O)c2c(OS)cccc21. The highest BCUT2D eigenvalue weighted by molar-refractivity contribution is 7.75. The van der Waals surface area contributed by atoms with Gasteiger partial charge in [-0.25, -0.2) is 0 Å². The summed E-state index contributed by atoms with van der Waals surface area (Å²) in [5, 5.41) is 20.0. The molecular formula is C8H8BNO5S. The van der Waals surface area contributed by atoms with E-state index < -0.39 is 18.1 Å². The van der Waals surface area contributed by atoms with Crippen LogP contribution in [0.25, 0.3) is 0 Å². The van der Waals surface area contributed by atoms with E-state index in [-0.39, 0.29) is 6.54 Å². The maximum atomic E-state index is 10.4. The van der Waals surface area contributed by atoms with E-state index in [1.807, 2.05) is 0 Å². The van der Waals surface area contributed by atoms with Gasteiger partial charge in [0.15, 0.2) is 0 Å². The minimum absolute atomic E-state index is 0.346. The lowest BCUT2D eigenvalue weighted by Crippen LogP contribution is -2.29. The molecular weight excluding hydrogens is 233 g/mol. The molecule has 1 N–H and O–H groups in total. The Morgan fingerprint density at radius 2 is 2.44 bits per heavy atom. The number of thiol groups is 1. The molecule has 16 heavy (non-hydrogen) atoms. The van der Waals surface area contributed by atoms with Crippen molar-refractivity contribution < 1.29 is 18.8 Å². The Morgan fingerprint density at radius 1 is 1.69 bits per heavy atom. The Kier molecular flexibility index (Phi) is 3.04. The molecule has 0 bridgehead atoms. The predicted molar refractivity (Wildman–Crippen MR) is 59.4 cm³/mol. The lowest BCUT2D eigenvalue weighted by molar-refractivity contribution is -0.490. The molecule has 8 heteroatoms. The van der Waals surface area contributed by atoms with E-state index in [0.29, 0.717) is 16.8 Å². The third kappa shape index (κ3) is 1.86. The first-order chi connectivity index (χ1) is 7.63. The van der Waals surface area contributed by atoms with Crippen molar-refractivity contribution in [3.05, 3.63) is 33.9 Å². The number of benzene rings is 1. The highest BCUT2D eigenvalue weighted by atomic mass is 32.1. The largest absolute Gasteiger partial charge is 0.496 e. The van der Waals surface area contributed by atoms with Gasteiger partial charge in [0.25, 0.3) is 0 Å². The van der Waals surface area contributed by atoms with E-state index >= 15 is 0 Å². The van der Waals surface area contributed by atoms with Gasteiger partial charge in [0, 0.05) is 23.3 Å². The van der Waals surface area contributed by atoms with Gasteiger partial charge in [-0.15, -0.1) is 0 Å². The van der Waals surface area contributed by atoms with Crippen LogP contribution in [0.1, 0.15) is 11.7 Å². The summed E-state index contributed by atoms with van der Waals surface area (Å²) < 4.78 is 9.85. The lowest BCUT2D eigenvalue weighted by Gasteiger charge is -2.06. The van der Waals surface area contributed by atoms with Crippen molar-refractivity contribution in [1.29, 1.82) is 0 Å². The average Bonchev–Trinajstić information content (AvgIpc) is 2.55. The van der Waals surface area contributed by atoms with Crippen molar-refractivity contribution in [2.45, 2.75) is 6.10 Å². The number of rotatable bonds is 3. The second kappa shape index (κ2) is 4.32. The Hall–Kier alpha value is -1.25. The van der Waals surface area contributed by atoms with Crippen LogP contribution < -0.4 is 9.65 Å². The Bertz CT molecular complexity index is 429. The monoisotopic (exact) mass is 241 g/mol. The molecule has 84 valence electrons. The van der Waals surface area contributed by atoms with Crippen molar-refractivity contribution in [1.82, 2.24) is 0 Å². The zero-order valence-corrected chi connectivity index (χ0v) is 8.96. The van der Waals surface area contributed by atoms with E-state index in [0.717, 1.165) is 0 Å². The molecule has 1 atom stereocenters. The van der Waals surface area contributed by atoms with Gasteiger partial charge < -0.3 is 13.9 Å². The summed E-state index contributed by atoms with van der Waals surface area (Å²) in [6.45, 7) is -0.389. The van der Waals surface area contributed by atoms with Crippen molar-refractivity contribution >= 4 is 25.5 Å². The molecule has 1 aromatic carbocycles. The molecule has 1 aliphatic heterocycles. The third-order valence-corrected chi connectivity index (χ3v) is 2.60. The van der Waals surface area contributed by atoms with E-state index in [9.17, 15) is 15.1 Å². The maximum absolute atomic E-state index is 10.4. The molecule has 0 saturated carbocycles. The highest BCUT2D eigenvalue weighted by Gasteiger charge is 2.40. The molecule has 0 aromatic heterocycles. The van der Waals surface area contributed by atoms with Gasteiger partial charge >= 0.3 is 7.12 Å². The first-order valence-corrected chi connectivity index (χ1v) is 4.89. The number of fused-ring (bicyclic) bond motifs is 1. The summed E-state index contributed by atoms with van der Waals surface area (Å²) in [6, 6.07) is 4.93. The van der Waals surface area contributed by atoms with Crippen molar-refractivity contribution in [3.8, 4) is 5.75 Å². The summed E-state index contributed by atoms with van der Waals surface area (Å²) in [6.07, 6.45) is -0.747. The number of hydrogen-bond acceptors (Lipinski definition) is 6. The van der Waals surface area contributed by atoms with Crippen LogP contribution in [-0.4, -0.2) is 23.6 Å². The predicted octanol–water partition coefficient (Wildman–Crippen LogP) is -0.0543. The molecule has 1 unspecified atom stereocenters. The van der Waals surface area contributed by atoms with Crippen LogP contribution in [-0.2, 0) is 4.65 Å². The van der Waals surface area contributed by atoms with Gasteiger partial charge in [-0.1, -0.05) is 12.1 Å². The number of hydrogen-bond donors (Lipinski definition) is 2. The standard InChI is InChI=1S/C8H8BNO5S/c11-9-8-5(2-1-3-6(8)15-16)7(14-9)4-10(12)13/h1-3,7,11,16H,4H2. The molecule has 0 saturated heterocycles. The molecule has 2 rings (SSSR count). The quantitative estimate of drug-likeness (QED) is 0.255. The van der Waals surface area contributed by atoms with E-state index in [2.05, 4.69) is 12.9 Å². The van der Waals surface area contributed by atoms with Crippen molar-refractivity contribution in [2.75, 3.05) is 6.54 Å². The lowest BCUT2D eigenvalue weighted by atomic mass is 9.78. The normalized spacial score (nSPS) is 18.4. The maximum Gasteiger partial charge on any atom is 0.496 e. The minimum Gasteiger partial charge on any atom is -0.429 e. The number of nitrogens with zero attached hydrogens (tertiary/aromatic N) is 1. The van der Waals surface area contributed by atoms with E-state index in [1.54, 1.807) is 18.2 Å². The van der Waals surface area contributed by atoms with E-state index in [1.165, 1.54) is 0 Å². The van der Waals surface area contributed by atoms with Crippen molar-refractivity contribution in [3.63, 3.8) is 0 Å². The molecule has 6 nitrogen and oxygen atoms in total. The molecule has 0 spiro atoms. The summed E-state index contributed by atoms with van der Waals surface area (Å²) in [4.78, 5) is 9.94. The first-order valence-electron chi connectivity index (χ1n) is 4.53. The zero-order valence-electron chi connectivity index (χ0n) is 8.07. The second-order valence-corrected chi connectivity index (χ2v) is 3.53. The van der Waals surface area contributed by atoms with Crippen LogP contribution in [0.3, 0.4) is 0 Å². The number of nitro groups is 1. The first kappa shape index (κ1) is 11.2. The van der Waals surface area contributed by atoms with Crippen molar-refractivity contribution in [2.24, 2.45) is 0 Å². The Labute approximate surface area is 97.1 Å². The molecule has 0 radical (unpaired) electrons. The Balaban J connectivity index is 2.39. The van der Waals surface area contributed by atoms with Gasteiger partial charge in [0.1, 0.15) is 11.9 Å². The second-order valence-electron chi connectivity index (χ2n) is 3.34. The highest BCUT2D eigenvalue weighted by Crippen LogP contribution is 2.27. The van der Waals surface area contributed by atoms with Crippen LogP contribution in [0.4, 0.5) is 0 Å². The van der Waals surface area contributed by atoms with Gasteiger partial charge in [-0.2, -0.15) is 0 Å². The van der Waals surface area contributed by atoms with Gasteiger partial charge in [0.05, 0.1) is 0 Å². The fourth-order valence-corrected chi connectivity index (χ4v) is 1.92. The van der Waals surface area contributed by atoms with Crippen LogP contribution in [0.5, 0.6) is 5.75 Å². The molecule has 0 aliphatic carbocycles. The summed E-state index contributed by atoms with van der Waals surface area (Å²) in [5.41, 5.74) is 0.972. The van der Waals surface area contributed by atoms with Gasteiger partial charge in [-0.05, 0) is 11.6 Å². The Morgan fingerprint density at radius 3 is 3.06 bits per heavy atom. The van der Waals surface area contributed by atoms with Crippen LogP contribution in [0, 0.1) is 10.1 Å². The summed E-state index contributed by atoms with van der Waals surface area (Å²) in [5.74, 6) is 0.346. The average molecular weight is 241 g/mol. The molecule has 0 amide bonds. The van der Waals surface area contributed by atoms with Gasteiger partial charge in [-0.3, -0.25) is 10.1 Å². The molecule has 1 aliphatic rings. The van der Waals surface area contributed by atoms with Crippen LogP contribution in [0.15, 0.2) is 18.2 Å². The fourth-order valence-electron chi connectivity index (χ4n) is 1.76. The zero-order chi connectivity index (χ0) is 11.7. The summed E-state index contributed by atoms with van der Waals surface area (Å²) in [7, 11) is -1.21. The fraction of sp³-hybridized carbons (Fsp3) is 0.250. The minimum atomic E-state index is -1.21. The van der Waals surface area contributed by atoms with Gasteiger partial charge in [0.2, 0.25) is 6.54 Å². The molecule has 1 heterocycles. The third-order valence-electron chi connectivity index (χ3n) is 2.40. The molecule has 1 aromatic rings. The van der Waals surface area contributed by atoms with Crippen LogP contribution >= 0.6 is 12.9 Å². The topological polar surface area (TPSA) is 81.8 Å². The van der Waals surface area contributed by atoms with Crippen LogP contribution in [0.2, 0.25) is 0 Å².